The van der Waals surface area contributed by atoms with Crippen LogP contribution in [0.3, 0.4) is 0 Å². The first-order valence-corrected chi connectivity index (χ1v) is 7.26. The van der Waals surface area contributed by atoms with E-state index in [2.05, 4.69) is 39.9 Å². The highest BCUT2D eigenvalue weighted by atomic mass is 16.5. The third-order valence-corrected chi connectivity index (χ3v) is 2.76. The van der Waals surface area contributed by atoms with E-state index in [1.54, 1.807) is 0 Å². The highest BCUT2D eigenvalue weighted by Crippen LogP contribution is 2.28. The van der Waals surface area contributed by atoms with Gasteiger partial charge in [-0.2, -0.15) is 0 Å². The molecule has 1 aliphatic rings. The molecular weight excluding hydrogens is 210 g/mol. The van der Waals surface area contributed by atoms with Crippen LogP contribution in [0.4, 0.5) is 0 Å². The van der Waals surface area contributed by atoms with E-state index in [1.165, 1.54) is 12.8 Å². The highest BCUT2D eigenvalue weighted by Gasteiger charge is 2.15. The lowest BCUT2D eigenvalue weighted by Gasteiger charge is -2.24. The predicted octanol–water partition coefficient (Wildman–Crippen LogP) is 4.10. The molecule has 1 heterocycles. The van der Waals surface area contributed by atoms with Crippen LogP contribution >= 0.6 is 0 Å². The van der Waals surface area contributed by atoms with Gasteiger partial charge in [0, 0.05) is 13.1 Å². The molecule has 0 aromatic carbocycles. The summed E-state index contributed by atoms with van der Waals surface area (Å²) in [6, 6.07) is 0. The van der Waals surface area contributed by atoms with Crippen molar-refractivity contribution in [2.24, 2.45) is 11.3 Å². The minimum Gasteiger partial charge on any atom is -0.379 e. The maximum Gasteiger partial charge on any atom is 0.0591 e. The van der Waals surface area contributed by atoms with Crippen molar-refractivity contribution in [1.82, 2.24) is 5.32 Å². The Morgan fingerprint density at radius 3 is 1.71 bits per heavy atom. The number of rotatable bonds is 3. The summed E-state index contributed by atoms with van der Waals surface area (Å²) in [5.41, 5.74) is 0.564. The van der Waals surface area contributed by atoms with E-state index < -0.39 is 0 Å². The fourth-order valence-electron chi connectivity index (χ4n) is 1.77. The monoisotopic (exact) mass is 245 g/mol. The summed E-state index contributed by atoms with van der Waals surface area (Å²) in [5.74, 6) is 0.847. The van der Waals surface area contributed by atoms with Crippen LogP contribution in [0, 0.1) is 11.3 Å². The zero-order valence-corrected chi connectivity index (χ0v) is 13.2. The zero-order valence-electron chi connectivity index (χ0n) is 13.2. The Hall–Kier alpha value is -0.0800. The number of ether oxygens (including phenoxy) is 1. The minimum atomic E-state index is 0.564. The molecule has 0 saturated carbocycles. The van der Waals surface area contributed by atoms with E-state index in [4.69, 9.17) is 4.74 Å². The third-order valence-electron chi connectivity index (χ3n) is 2.76. The SMILES string of the molecule is C1COCCN1.CC.CCC(C)(C)CC(C)C. The van der Waals surface area contributed by atoms with Crippen LogP contribution in [-0.4, -0.2) is 26.3 Å². The number of hydrogen-bond acceptors (Lipinski definition) is 2. The van der Waals surface area contributed by atoms with Crippen molar-refractivity contribution in [2.45, 2.75) is 61.3 Å². The van der Waals surface area contributed by atoms with Gasteiger partial charge >= 0.3 is 0 Å². The van der Waals surface area contributed by atoms with Gasteiger partial charge in [-0.3, -0.25) is 0 Å². The Balaban J connectivity index is 0. The van der Waals surface area contributed by atoms with Gasteiger partial charge in [-0.05, 0) is 17.8 Å². The van der Waals surface area contributed by atoms with Gasteiger partial charge in [-0.1, -0.05) is 54.9 Å². The molecule has 0 bridgehead atoms. The molecule has 0 aromatic heterocycles. The van der Waals surface area contributed by atoms with Crippen molar-refractivity contribution < 1.29 is 4.74 Å². The second kappa shape index (κ2) is 12.4. The Morgan fingerprint density at radius 1 is 1.12 bits per heavy atom. The van der Waals surface area contributed by atoms with Crippen LogP contribution in [0.1, 0.15) is 61.3 Å². The van der Waals surface area contributed by atoms with Gasteiger partial charge in [-0.15, -0.1) is 0 Å². The van der Waals surface area contributed by atoms with Crippen molar-refractivity contribution in [3.63, 3.8) is 0 Å². The first-order valence-electron chi connectivity index (χ1n) is 7.26. The summed E-state index contributed by atoms with van der Waals surface area (Å²) in [6.45, 7) is 19.4. The molecular formula is C15H35NO. The lowest BCUT2D eigenvalue weighted by Crippen LogP contribution is -2.30. The second-order valence-electron chi connectivity index (χ2n) is 5.48. The normalized spacial score (nSPS) is 15.5. The third kappa shape index (κ3) is 15.9. The van der Waals surface area contributed by atoms with Crippen molar-refractivity contribution in [3.05, 3.63) is 0 Å². The van der Waals surface area contributed by atoms with Gasteiger partial charge in [0.15, 0.2) is 0 Å². The van der Waals surface area contributed by atoms with Gasteiger partial charge in [-0.25, -0.2) is 0 Å². The van der Waals surface area contributed by atoms with Crippen LogP contribution in [-0.2, 0) is 4.74 Å². The average Bonchev–Trinajstić information content (AvgIpc) is 2.33. The minimum absolute atomic E-state index is 0.564. The van der Waals surface area contributed by atoms with Crippen LogP contribution < -0.4 is 5.32 Å². The molecule has 0 spiro atoms. The summed E-state index contributed by atoms with van der Waals surface area (Å²) in [7, 11) is 0. The van der Waals surface area contributed by atoms with Crippen LogP contribution in [0.25, 0.3) is 0 Å². The topological polar surface area (TPSA) is 21.3 Å². The van der Waals surface area contributed by atoms with E-state index in [0.29, 0.717) is 5.41 Å². The first-order chi connectivity index (χ1) is 7.98. The lowest BCUT2D eigenvalue weighted by molar-refractivity contribution is 0.109. The molecule has 0 unspecified atom stereocenters. The number of morpholine rings is 1. The van der Waals surface area contributed by atoms with Crippen molar-refractivity contribution >= 4 is 0 Å². The fourth-order valence-corrected chi connectivity index (χ4v) is 1.77. The molecule has 0 aromatic rings. The number of hydrogen-bond donors (Lipinski definition) is 1. The summed E-state index contributed by atoms with van der Waals surface area (Å²) >= 11 is 0. The van der Waals surface area contributed by atoms with E-state index in [0.717, 1.165) is 32.2 Å². The standard InChI is InChI=1S/C9H20.C4H9NO.C2H6/c1-6-9(4,5)7-8(2)3;1-3-6-4-2-5-1;1-2/h8H,6-7H2,1-5H3;5H,1-4H2;1-2H3. The Bertz CT molecular complexity index is 128. The largest absolute Gasteiger partial charge is 0.379 e. The molecule has 0 atom stereocenters. The maximum absolute atomic E-state index is 5.01. The van der Waals surface area contributed by atoms with Gasteiger partial charge in [0.05, 0.1) is 13.2 Å². The lowest BCUT2D eigenvalue weighted by atomic mass is 9.82. The van der Waals surface area contributed by atoms with Crippen molar-refractivity contribution in [3.8, 4) is 0 Å². The smallest absolute Gasteiger partial charge is 0.0591 e. The van der Waals surface area contributed by atoms with Crippen LogP contribution in [0.15, 0.2) is 0 Å². The molecule has 0 amide bonds. The van der Waals surface area contributed by atoms with Gasteiger partial charge in [0.2, 0.25) is 0 Å². The van der Waals surface area contributed by atoms with Crippen LogP contribution in [0.2, 0.25) is 0 Å². The average molecular weight is 245 g/mol. The zero-order chi connectivity index (χ0) is 13.7. The van der Waals surface area contributed by atoms with E-state index in [9.17, 15) is 0 Å². The molecule has 0 radical (unpaired) electrons. The van der Waals surface area contributed by atoms with E-state index in [-0.39, 0.29) is 0 Å². The fraction of sp³-hybridized carbons (Fsp3) is 1.00. The molecule has 2 heteroatoms. The summed E-state index contributed by atoms with van der Waals surface area (Å²) in [6.07, 6.45) is 2.65. The summed E-state index contributed by atoms with van der Waals surface area (Å²) in [4.78, 5) is 0. The Kier molecular flexibility index (Phi) is 14.0. The highest BCUT2D eigenvalue weighted by molar-refractivity contribution is 4.67. The maximum atomic E-state index is 5.01. The molecule has 1 N–H and O–H groups in total. The molecule has 1 rings (SSSR count). The van der Waals surface area contributed by atoms with Gasteiger partial charge < -0.3 is 10.1 Å². The molecule has 17 heavy (non-hydrogen) atoms. The first kappa shape index (κ1) is 19.3. The molecule has 2 nitrogen and oxygen atoms in total. The van der Waals surface area contributed by atoms with E-state index >= 15 is 0 Å². The predicted molar refractivity (Wildman–Crippen MR) is 78.6 cm³/mol. The number of nitrogens with one attached hydrogen (secondary N) is 1. The molecule has 0 aliphatic carbocycles. The quantitative estimate of drug-likeness (QED) is 0.808. The Labute approximate surface area is 110 Å². The van der Waals surface area contributed by atoms with Gasteiger partial charge in [0.25, 0.3) is 0 Å². The summed E-state index contributed by atoms with van der Waals surface area (Å²) in [5, 5.41) is 3.16. The Morgan fingerprint density at radius 2 is 1.59 bits per heavy atom. The van der Waals surface area contributed by atoms with Crippen molar-refractivity contribution in [1.29, 1.82) is 0 Å². The van der Waals surface area contributed by atoms with Crippen molar-refractivity contribution in [2.75, 3.05) is 26.3 Å². The van der Waals surface area contributed by atoms with E-state index in [1.807, 2.05) is 13.8 Å². The molecule has 106 valence electrons. The molecule has 1 aliphatic heterocycles. The molecule has 1 fully saturated rings. The molecule has 1 saturated heterocycles. The second-order valence-corrected chi connectivity index (χ2v) is 5.48. The van der Waals surface area contributed by atoms with Gasteiger partial charge in [0.1, 0.15) is 0 Å². The van der Waals surface area contributed by atoms with Crippen LogP contribution in [0.5, 0.6) is 0 Å². The summed E-state index contributed by atoms with van der Waals surface area (Å²) < 4.78 is 5.01.